The molecule has 1 amide bonds. The third-order valence-corrected chi connectivity index (χ3v) is 3.97. The van der Waals surface area contributed by atoms with Crippen molar-refractivity contribution in [2.75, 3.05) is 33.0 Å². The largest absolute Gasteiger partial charge is 0.493 e. The summed E-state index contributed by atoms with van der Waals surface area (Å²) >= 11 is 0. The Balaban J connectivity index is 2.30. The zero-order valence-corrected chi connectivity index (χ0v) is 13.2. The van der Waals surface area contributed by atoms with Crippen LogP contribution in [0.5, 0.6) is 11.5 Å². The van der Waals surface area contributed by atoms with E-state index >= 15 is 0 Å². The number of rotatable bonds is 3. The third-order valence-electron chi connectivity index (χ3n) is 3.97. The Labute approximate surface area is 126 Å². The summed E-state index contributed by atoms with van der Waals surface area (Å²) in [6.07, 6.45) is 2.16. The molecule has 116 valence electrons. The van der Waals surface area contributed by atoms with Crippen molar-refractivity contribution >= 4 is 11.6 Å². The first-order valence-electron chi connectivity index (χ1n) is 7.19. The number of anilines is 1. The molecule has 0 bridgehead atoms. The zero-order valence-electron chi connectivity index (χ0n) is 13.2. The van der Waals surface area contributed by atoms with Gasteiger partial charge in [-0.25, -0.2) is 0 Å². The van der Waals surface area contributed by atoms with E-state index in [0.29, 0.717) is 22.7 Å². The minimum atomic E-state index is -0.0405. The van der Waals surface area contributed by atoms with Crippen LogP contribution in [-0.4, -0.2) is 38.1 Å². The second-order valence-electron chi connectivity index (χ2n) is 6.29. The summed E-state index contributed by atoms with van der Waals surface area (Å²) in [5.41, 5.74) is 7.06. The Morgan fingerprint density at radius 2 is 1.86 bits per heavy atom. The number of nitrogens with two attached hydrogens (primary N) is 1. The fourth-order valence-corrected chi connectivity index (χ4v) is 2.85. The van der Waals surface area contributed by atoms with Crippen molar-refractivity contribution in [1.82, 2.24) is 4.90 Å². The summed E-state index contributed by atoms with van der Waals surface area (Å²) in [5, 5.41) is 0. The second kappa shape index (κ2) is 5.84. The Kier molecular flexibility index (Phi) is 4.30. The highest BCUT2D eigenvalue weighted by atomic mass is 16.5. The molecule has 1 saturated heterocycles. The Morgan fingerprint density at radius 1 is 1.24 bits per heavy atom. The molecule has 1 aromatic carbocycles. The van der Waals surface area contributed by atoms with E-state index in [1.165, 1.54) is 0 Å². The van der Waals surface area contributed by atoms with Gasteiger partial charge in [-0.1, -0.05) is 13.8 Å². The molecule has 0 radical (unpaired) electrons. The molecule has 1 aliphatic rings. The van der Waals surface area contributed by atoms with Crippen molar-refractivity contribution in [1.29, 1.82) is 0 Å². The van der Waals surface area contributed by atoms with Gasteiger partial charge in [-0.2, -0.15) is 0 Å². The van der Waals surface area contributed by atoms with E-state index < -0.39 is 0 Å². The monoisotopic (exact) mass is 292 g/mol. The molecule has 0 aromatic heterocycles. The minimum Gasteiger partial charge on any atom is -0.493 e. The lowest BCUT2D eigenvalue weighted by atomic mass is 9.84. The van der Waals surface area contributed by atoms with Crippen molar-refractivity contribution in [2.24, 2.45) is 5.41 Å². The summed E-state index contributed by atoms with van der Waals surface area (Å²) in [4.78, 5) is 14.6. The van der Waals surface area contributed by atoms with Gasteiger partial charge in [0.1, 0.15) is 0 Å². The van der Waals surface area contributed by atoms with E-state index in [1.807, 2.05) is 4.90 Å². The van der Waals surface area contributed by atoms with Gasteiger partial charge in [-0.3, -0.25) is 4.79 Å². The number of carbonyl (C=O) groups is 1. The van der Waals surface area contributed by atoms with Crippen molar-refractivity contribution in [2.45, 2.75) is 26.7 Å². The number of amides is 1. The van der Waals surface area contributed by atoms with E-state index in [1.54, 1.807) is 26.4 Å². The molecular weight excluding hydrogens is 268 g/mol. The average Bonchev–Trinajstić information content (AvgIpc) is 2.45. The van der Waals surface area contributed by atoms with Gasteiger partial charge in [-0.15, -0.1) is 0 Å². The number of carbonyl (C=O) groups excluding carboxylic acids is 1. The molecule has 1 aliphatic heterocycles. The summed E-state index contributed by atoms with van der Waals surface area (Å²) in [6.45, 7) is 5.89. The fraction of sp³-hybridized carbons (Fsp3) is 0.562. The molecule has 0 saturated carbocycles. The van der Waals surface area contributed by atoms with Gasteiger partial charge in [0.15, 0.2) is 11.5 Å². The first-order chi connectivity index (χ1) is 9.88. The number of hydrogen-bond donors (Lipinski definition) is 1. The molecule has 2 N–H and O–H groups in total. The average molecular weight is 292 g/mol. The number of piperidine rings is 1. The molecule has 1 fully saturated rings. The first-order valence-corrected chi connectivity index (χ1v) is 7.19. The lowest BCUT2D eigenvalue weighted by Gasteiger charge is -2.38. The maximum Gasteiger partial charge on any atom is 0.256 e. The normalized spacial score (nSPS) is 17.4. The smallest absolute Gasteiger partial charge is 0.256 e. The van der Waals surface area contributed by atoms with Crippen LogP contribution in [0.1, 0.15) is 37.0 Å². The van der Waals surface area contributed by atoms with E-state index in [9.17, 15) is 4.79 Å². The predicted octanol–water partition coefficient (Wildman–Crippen LogP) is 2.55. The van der Waals surface area contributed by atoms with Gasteiger partial charge in [0, 0.05) is 24.8 Å². The maximum atomic E-state index is 12.7. The molecule has 0 aliphatic carbocycles. The Bertz CT molecular complexity index is 541. The maximum absolute atomic E-state index is 12.7. The highest BCUT2D eigenvalue weighted by Gasteiger charge is 2.30. The second-order valence-corrected chi connectivity index (χ2v) is 6.29. The van der Waals surface area contributed by atoms with Gasteiger partial charge in [0.05, 0.1) is 19.8 Å². The highest BCUT2D eigenvalue weighted by molar-refractivity contribution is 6.00. The quantitative estimate of drug-likeness (QED) is 0.870. The van der Waals surface area contributed by atoms with Crippen LogP contribution in [0, 0.1) is 5.41 Å². The van der Waals surface area contributed by atoms with Crippen LogP contribution in [0.3, 0.4) is 0 Å². The molecule has 2 rings (SSSR count). The number of methoxy groups -OCH3 is 2. The summed E-state index contributed by atoms with van der Waals surface area (Å²) in [7, 11) is 3.10. The minimum absolute atomic E-state index is 0.0405. The van der Waals surface area contributed by atoms with Crippen LogP contribution in [0.2, 0.25) is 0 Å². The summed E-state index contributed by atoms with van der Waals surface area (Å²) < 4.78 is 10.5. The van der Waals surface area contributed by atoms with Crippen molar-refractivity contribution < 1.29 is 14.3 Å². The van der Waals surface area contributed by atoms with E-state index in [0.717, 1.165) is 25.9 Å². The number of hydrogen-bond acceptors (Lipinski definition) is 4. The third kappa shape index (κ3) is 3.23. The lowest BCUT2D eigenvalue weighted by Crippen LogP contribution is -2.43. The van der Waals surface area contributed by atoms with Crippen LogP contribution in [0.15, 0.2) is 12.1 Å². The van der Waals surface area contributed by atoms with Crippen LogP contribution >= 0.6 is 0 Å². The van der Waals surface area contributed by atoms with Crippen molar-refractivity contribution in [3.05, 3.63) is 17.7 Å². The molecule has 0 atom stereocenters. The van der Waals surface area contributed by atoms with Crippen molar-refractivity contribution in [3.8, 4) is 11.5 Å². The molecule has 0 unspecified atom stereocenters. The van der Waals surface area contributed by atoms with Crippen LogP contribution < -0.4 is 15.2 Å². The zero-order chi connectivity index (χ0) is 15.6. The molecule has 0 spiro atoms. The Hall–Kier alpha value is -1.91. The summed E-state index contributed by atoms with van der Waals surface area (Å²) in [5.74, 6) is 1.01. The van der Waals surface area contributed by atoms with Gasteiger partial charge in [0.2, 0.25) is 0 Å². The number of likely N-dealkylation sites (tertiary alicyclic amines) is 1. The molecule has 1 heterocycles. The van der Waals surface area contributed by atoms with Crippen LogP contribution in [0.25, 0.3) is 0 Å². The predicted molar refractivity (Wildman–Crippen MR) is 82.9 cm³/mol. The summed E-state index contributed by atoms with van der Waals surface area (Å²) in [6, 6.07) is 3.30. The number of benzene rings is 1. The van der Waals surface area contributed by atoms with E-state index in [-0.39, 0.29) is 11.3 Å². The number of nitrogens with zero attached hydrogens (tertiary/aromatic N) is 1. The number of nitrogen functional groups attached to an aromatic ring is 1. The van der Waals surface area contributed by atoms with Gasteiger partial charge in [-0.05, 0) is 24.3 Å². The SMILES string of the molecule is COc1cc(N)c(C(=O)N2CCCC(C)(C)C2)cc1OC. The molecule has 21 heavy (non-hydrogen) atoms. The lowest BCUT2D eigenvalue weighted by molar-refractivity contribution is 0.0584. The molecule has 5 nitrogen and oxygen atoms in total. The van der Waals surface area contributed by atoms with E-state index in [2.05, 4.69) is 13.8 Å². The Morgan fingerprint density at radius 3 is 2.43 bits per heavy atom. The first kappa shape index (κ1) is 15.5. The fourth-order valence-electron chi connectivity index (χ4n) is 2.85. The molecule has 1 aromatic rings. The van der Waals surface area contributed by atoms with Crippen molar-refractivity contribution in [3.63, 3.8) is 0 Å². The molecule has 5 heteroatoms. The standard InChI is InChI=1S/C16H24N2O3/c1-16(2)6-5-7-18(10-16)15(19)11-8-13(20-3)14(21-4)9-12(11)17/h8-9H,5-7,10,17H2,1-4H3. The van der Waals surface area contributed by atoms with Crippen LogP contribution in [0.4, 0.5) is 5.69 Å². The topological polar surface area (TPSA) is 64.8 Å². The molecular formula is C16H24N2O3. The van der Waals surface area contributed by atoms with Gasteiger partial charge >= 0.3 is 0 Å². The highest BCUT2D eigenvalue weighted by Crippen LogP contribution is 2.34. The van der Waals surface area contributed by atoms with E-state index in [4.69, 9.17) is 15.2 Å². The van der Waals surface area contributed by atoms with Gasteiger partial charge in [0.25, 0.3) is 5.91 Å². The van der Waals surface area contributed by atoms with Crippen LogP contribution in [-0.2, 0) is 0 Å². The number of ether oxygens (including phenoxy) is 2. The van der Waals surface area contributed by atoms with Gasteiger partial charge < -0.3 is 20.1 Å².